The van der Waals surface area contributed by atoms with E-state index in [1.807, 2.05) is 32.9 Å². The zero-order valence-corrected chi connectivity index (χ0v) is 12.9. The summed E-state index contributed by atoms with van der Waals surface area (Å²) >= 11 is 1.63. The van der Waals surface area contributed by atoms with Gasteiger partial charge in [-0.2, -0.15) is 0 Å². The minimum Gasteiger partial charge on any atom is -0.397 e. The van der Waals surface area contributed by atoms with Crippen molar-refractivity contribution in [3.63, 3.8) is 0 Å². The molecule has 19 heavy (non-hydrogen) atoms. The molecule has 0 aliphatic heterocycles. The number of thiazole rings is 1. The number of aliphatic hydroxyl groups is 1. The fourth-order valence-electron chi connectivity index (χ4n) is 1.70. The SMILES string of the molecule is Cc1nc2cc(NC(C)(C)C(C)(C)O)c(N)cc2s1. The van der Waals surface area contributed by atoms with Gasteiger partial charge in [0.25, 0.3) is 0 Å². The summed E-state index contributed by atoms with van der Waals surface area (Å²) in [6.07, 6.45) is 0. The van der Waals surface area contributed by atoms with Gasteiger partial charge in [0.2, 0.25) is 0 Å². The number of nitrogens with one attached hydrogen (secondary N) is 1. The number of nitrogen functional groups attached to an aromatic ring is 1. The predicted molar refractivity (Wildman–Crippen MR) is 82.8 cm³/mol. The van der Waals surface area contributed by atoms with Crippen LogP contribution in [0.2, 0.25) is 0 Å². The van der Waals surface area contributed by atoms with Gasteiger partial charge < -0.3 is 16.2 Å². The standard InChI is InChI=1S/C14H21N3OS/c1-8-16-11-7-10(9(15)6-12(11)19-8)17-13(2,3)14(4,5)18/h6-7,17-18H,15H2,1-5H3. The van der Waals surface area contributed by atoms with Crippen LogP contribution < -0.4 is 11.1 Å². The number of anilines is 2. The van der Waals surface area contributed by atoms with E-state index in [9.17, 15) is 5.11 Å². The van der Waals surface area contributed by atoms with Crippen molar-refractivity contribution >= 4 is 32.9 Å². The molecule has 4 N–H and O–H groups in total. The third-order valence-electron chi connectivity index (χ3n) is 3.64. The molecule has 104 valence electrons. The van der Waals surface area contributed by atoms with Gasteiger partial charge >= 0.3 is 0 Å². The van der Waals surface area contributed by atoms with Crippen LogP contribution in [-0.2, 0) is 0 Å². The first-order valence-electron chi connectivity index (χ1n) is 6.27. The zero-order chi connectivity index (χ0) is 14.4. The van der Waals surface area contributed by atoms with Crippen molar-refractivity contribution in [2.75, 3.05) is 11.1 Å². The summed E-state index contributed by atoms with van der Waals surface area (Å²) in [6.45, 7) is 9.43. The third-order valence-corrected chi connectivity index (χ3v) is 4.58. The fraction of sp³-hybridized carbons (Fsp3) is 0.500. The van der Waals surface area contributed by atoms with Crippen LogP contribution in [0.15, 0.2) is 12.1 Å². The van der Waals surface area contributed by atoms with Crippen LogP contribution in [0.25, 0.3) is 10.2 Å². The summed E-state index contributed by atoms with van der Waals surface area (Å²) in [5.74, 6) is 0. The van der Waals surface area contributed by atoms with Gasteiger partial charge in [-0.25, -0.2) is 4.98 Å². The molecule has 1 aromatic carbocycles. The van der Waals surface area contributed by atoms with Gasteiger partial charge in [0.05, 0.1) is 37.7 Å². The number of nitrogens with zero attached hydrogens (tertiary/aromatic N) is 1. The first-order chi connectivity index (χ1) is 8.60. The minimum absolute atomic E-state index is 0.500. The van der Waals surface area contributed by atoms with Gasteiger partial charge in [0.1, 0.15) is 0 Å². The molecule has 5 heteroatoms. The Kier molecular flexibility index (Phi) is 3.23. The van der Waals surface area contributed by atoms with Crippen molar-refractivity contribution in [2.24, 2.45) is 0 Å². The minimum atomic E-state index is -0.869. The van der Waals surface area contributed by atoms with E-state index in [4.69, 9.17) is 5.73 Å². The predicted octanol–water partition coefficient (Wildman–Crippen LogP) is 3.15. The van der Waals surface area contributed by atoms with Crippen molar-refractivity contribution in [1.82, 2.24) is 4.98 Å². The highest BCUT2D eigenvalue weighted by Gasteiger charge is 2.35. The smallest absolute Gasteiger partial charge is 0.0907 e. The Morgan fingerprint density at radius 2 is 1.89 bits per heavy atom. The number of aryl methyl sites for hydroxylation is 1. The maximum Gasteiger partial charge on any atom is 0.0907 e. The summed E-state index contributed by atoms with van der Waals surface area (Å²) in [7, 11) is 0. The van der Waals surface area contributed by atoms with Crippen LogP contribution in [0.5, 0.6) is 0 Å². The summed E-state index contributed by atoms with van der Waals surface area (Å²) in [4.78, 5) is 4.47. The lowest BCUT2D eigenvalue weighted by Crippen LogP contribution is -2.51. The van der Waals surface area contributed by atoms with Crippen molar-refractivity contribution in [1.29, 1.82) is 0 Å². The molecule has 0 amide bonds. The molecule has 2 rings (SSSR count). The number of fused-ring (bicyclic) bond motifs is 1. The van der Waals surface area contributed by atoms with Crippen molar-refractivity contribution in [2.45, 2.75) is 45.8 Å². The van der Waals surface area contributed by atoms with Gasteiger partial charge in [-0.3, -0.25) is 0 Å². The average molecular weight is 279 g/mol. The van der Waals surface area contributed by atoms with Crippen molar-refractivity contribution in [3.8, 4) is 0 Å². The summed E-state index contributed by atoms with van der Waals surface area (Å²) in [5, 5.41) is 14.5. The molecule has 0 bridgehead atoms. The third kappa shape index (κ3) is 2.67. The first kappa shape index (κ1) is 14.1. The van der Waals surface area contributed by atoms with Crippen LogP contribution in [0.4, 0.5) is 11.4 Å². The van der Waals surface area contributed by atoms with Crippen molar-refractivity contribution < 1.29 is 5.11 Å². The molecule has 0 fully saturated rings. The summed E-state index contributed by atoms with van der Waals surface area (Å²) in [5.41, 5.74) is 7.13. The van der Waals surface area contributed by atoms with E-state index in [1.165, 1.54) is 0 Å². The molecule has 0 atom stereocenters. The largest absolute Gasteiger partial charge is 0.397 e. The normalized spacial score (nSPS) is 12.9. The highest BCUT2D eigenvalue weighted by molar-refractivity contribution is 7.18. The van der Waals surface area contributed by atoms with Crippen LogP contribution in [-0.4, -0.2) is 21.2 Å². The molecular weight excluding hydrogens is 258 g/mol. The van der Waals surface area contributed by atoms with Crippen LogP contribution in [0.1, 0.15) is 32.7 Å². The quantitative estimate of drug-likeness (QED) is 0.755. The second-order valence-corrected chi connectivity index (χ2v) is 7.18. The van der Waals surface area contributed by atoms with Gasteiger partial charge in [-0.1, -0.05) is 0 Å². The molecule has 1 heterocycles. The van der Waals surface area contributed by atoms with Gasteiger partial charge in [0, 0.05) is 0 Å². The zero-order valence-electron chi connectivity index (χ0n) is 12.0. The molecule has 0 saturated carbocycles. The summed E-state index contributed by atoms with van der Waals surface area (Å²) in [6, 6.07) is 3.88. The maximum atomic E-state index is 10.2. The van der Waals surface area contributed by atoms with E-state index in [2.05, 4.69) is 10.3 Å². The van der Waals surface area contributed by atoms with E-state index in [1.54, 1.807) is 25.2 Å². The molecule has 2 aromatic rings. The van der Waals surface area contributed by atoms with E-state index < -0.39 is 11.1 Å². The van der Waals surface area contributed by atoms with Gasteiger partial charge in [-0.05, 0) is 46.8 Å². The van der Waals surface area contributed by atoms with E-state index in [0.717, 1.165) is 20.9 Å². The Bertz CT molecular complexity index is 611. The Morgan fingerprint density at radius 1 is 1.26 bits per heavy atom. The lowest BCUT2D eigenvalue weighted by atomic mass is 9.85. The van der Waals surface area contributed by atoms with Crippen LogP contribution in [0.3, 0.4) is 0 Å². The Labute approximate surface area is 117 Å². The lowest BCUT2D eigenvalue weighted by Gasteiger charge is -2.39. The van der Waals surface area contributed by atoms with Gasteiger partial charge in [-0.15, -0.1) is 11.3 Å². The highest BCUT2D eigenvalue weighted by Crippen LogP contribution is 2.33. The van der Waals surface area contributed by atoms with E-state index in [-0.39, 0.29) is 0 Å². The van der Waals surface area contributed by atoms with Gasteiger partial charge in [0.15, 0.2) is 0 Å². The van der Waals surface area contributed by atoms with E-state index in [0.29, 0.717) is 5.69 Å². The first-order valence-corrected chi connectivity index (χ1v) is 7.09. The van der Waals surface area contributed by atoms with Crippen molar-refractivity contribution in [3.05, 3.63) is 17.1 Å². The number of hydrogen-bond acceptors (Lipinski definition) is 5. The molecule has 0 unspecified atom stereocenters. The second kappa shape index (κ2) is 4.35. The topological polar surface area (TPSA) is 71.2 Å². The molecule has 0 aliphatic carbocycles. The molecule has 0 aliphatic rings. The summed E-state index contributed by atoms with van der Waals surface area (Å²) < 4.78 is 1.08. The second-order valence-electron chi connectivity index (χ2n) is 5.95. The van der Waals surface area contributed by atoms with Crippen LogP contribution in [0, 0.1) is 6.92 Å². The number of aromatic nitrogens is 1. The lowest BCUT2D eigenvalue weighted by molar-refractivity contribution is 0.0241. The Morgan fingerprint density at radius 3 is 2.47 bits per heavy atom. The fourth-order valence-corrected chi connectivity index (χ4v) is 2.56. The number of rotatable bonds is 3. The highest BCUT2D eigenvalue weighted by atomic mass is 32.1. The monoisotopic (exact) mass is 279 g/mol. The Balaban J connectivity index is 2.43. The molecule has 0 radical (unpaired) electrons. The number of hydrogen-bond donors (Lipinski definition) is 3. The molecule has 4 nitrogen and oxygen atoms in total. The number of nitrogens with two attached hydrogens (primary N) is 1. The molecule has 0 spiro atoms. The molecule has 1 aromatic heterocycles. The molecular formula is C14H21N3OS. The Hall–Kier alpha value is -1.33. The number of benzene rings is 1. The molecule has 0 saturated heterocycles. The average Bonchev–Trinajstić information content (AvgIpc) is 2.55. The van der Waals surface area contributed by atoms with Crippen LogP contribution >= 0.6 is 11.3 Å². The maximum absolute atomic E-state index is 10.2. The van der Waals surface area contributed by atoms with E-state index >= 15 is 0 Å².